The highest BCUT2D eigenvalue weighted by Crippen LogP contribution is 2.34. The number of ether oxygens (including phenoxy) is 2. The van der Waals surface area contributed by atoms with E-state index < -0.39 is 0 Å². The number of fused-ring (bicyclic) bond motifs is 1. The number of carbonyl (C=O) groups is 2. The van der Waals surface area contributed by atoms with Crippen molar-refractivity contribution in [2.45, 2.75) is 46.6 Å². The summed E-state index contributed by atoms with van der Waals surface area (Å²) in [5.41, 5.74) is 3.96. The summed E-state index contributed by atoms with van der Waals surface area (Å²) in [7, 11) is 1.60. The number of rotatable bonds is 10. The molecule has 0 bridgehead atoms. The monoisotopic (exact) mass is 534 g/mol. The van der Waals surface area contributed by atoms with Crippen molar-refractivity contribution in [1.29, 1.82) is 0 Å². The van der Waals surface area contributed by atoms with E-state index in [1.165, 1.54) is 10.4 Å². The number of methoxy groups -OCH3 is 1. The van der Waals surface area contributed by atoms with Gasteiger partial charge in [-0.1, -0.05) is 38.0 Å². The second-order valence-corrected chi connectivity index (χ2v) is 11.2. The van der Waals surface area contributed by atoms with Gasteiger partial charge in [-0.05, 0) is 79.1 Å². The molecule has 0 aliphatic carbocycles. The van der Waals surface area contributed by atoms with Gasteiger partial charge in [-0.2, -0.15) is 0 Å². The lowest BCUT2D eigenvalue weighted by Crippen LogP contribution is -2.48. The topological polar surface area (TPSA) is 59.1 Å². The average molecular weight is 535 g/mol. The number of amides is 2. The SMILES string of the molecule is CCC(C)CN(CC(=O)N1CCc2sccc2C1COc1ccc(C)cc1C)C(=O)c1ccc(OC)cc1. The van der Waals surface area contributed by atoms with Crippen LogP contribution in [0.25, 0.3) is 0 Å². The summed E-state index contributed by atoms with van der Waals surface area (Å²) >= 11 is 1.73. The molecule has 2 heterocycles. The van der Waals surface area contributed by atoms with Gasteiger partial charge < -0.3 is 19.3 Å². The van der Waals surface area contributed by atoms with Crippen LogP contribution in [0.1, 0.15) is 58.2 Å². The van der Waals surface area contributed by atoms with Gasteiger partial charge in [0, 0.05) is 23.5 Å². The molecule has 2 unspecified atom stereocenters. The molecule has 0 spiro atoms. The molecule has 4 rings (SSSR count). The van der Waals surface area contributed by atoms with Crippen LogP contribution in [0.2, 0.25) is 0 Å². The van der Waals surface area contributed by atoms with E-state index >= 15 is 0 Å². The molecular formula is C31H38N2O4S. The molecule has 3 aromatic rings. The second kappa shape index (κ2) is 12.5. The van der Waals surface area contributed by atoms with Crippen LogP contribution in [0.3, 0.4) is 0 Å². The largest absolute Gasteiger partial charge is 0.497 e. The van der Waals surface area contributed by atoms with Crippen molar-refractivity contribution < 1.29 is 19.1 Å². The van der Waals surface area contributed by atoms with Gasteiger partial charge >= 0.3 is 0 Å². The maximum absolute atomic E-state index is 13.8. The van der Waals surface area contributed by atoms with Crippen LogP contribution < -0.4 is 9.47 Å². The van der Waals surface area contributed by atoms with Crippen LogP contribution in [0.15, 0.2) is 53.9 Å². The molecule has 1 aliphatic heterocycles. The van der Waals surface area contributed by atoms with Crippen molar-refractivity contribution in [3.8, 4) is 11.5 Å². The fourth-order valence-electron chi connectivity index (χ4n) is 4.90. The molecule has 2 amide bonds. The molecule has 7 heteroatoms. The molecule has 1 aliphatic rings. The maximum atomic E-state index is 13.8. The van der Waals surface area contributed by atoms with Gasteiger partial charge in [-0.15, -0.1) is 11.3 Å². The summed E-state index contributed by atoms with van der Waals surface area (Å²) < 4.78 is 11.5. The van der Waals surface area contributed by atoms with Gasteiger partial charge in [0.1, 0.15) is 24.7 Å². The van der Waals surface area contributed by atoms with E-state index in [-0.39, 0.29) is 30.3 Å². The molecule has 2 atom stereocenters. The Kier molecular flexibility index (Phi) is 9.10. The lowest BCUT2D eigenvalue weighted by molar-refractivity contribution is -0.135. The van der Waals surface area contributed by atoms with Crippen molar-refractivity contribution in [1.82, 2.24) is 9.80 Å². The highest BCUT2D eigenvalue weighted by atomic mass is 32.1. The number of nitrogens with zero attached hydrogens (tertiary/aromatic N) is 2. The van der Waals surface area contributed by atoms with Crippen LogP contribution in [0, 0.1) is 19.8 Å². The summed E-state index contributed by atoms with van der Waals surface area (Å²) in [6.45, 7) is 9.86. The van der Waals surface area contributed by atoms with Crippen LogP contribution in [-0.2, 0) is 11.2 Å². The summed E-state index contributed by atoms with van der Waals surface area (Å²) in [6, 6.07) is 15.1. The third kappa shape index (κ3) is 6.38. The summed E-state index contributed by atoms with van der Waals surface area (Å²) in [6.07, 6.45) is 1.74. The quantitative estimate of drug-likeness (QED) is 0.317. The van der Waals surface area contributed by atoms with Gasteiger partial charge in [-0.25, -0.2) is 0 Å². The fraction of sp³-hybridized carbons (Fsp3) is 0.419. The first-order valence-electron chi connectivity index (χ1n) is 13.3. The van der Waals surface area contributed by atoms with Crippen molar-refractivity contribution in [2.75, 3.05) is 33.4 Å². The molecule has 0 radical (unpaired) electrons. The minimum atomic E-state index is -0.195. The van der Waals surface area contributed by atoms with E-state index in [2.05, 4.69) is 38.3 Å². The minimum Gasteiger partial charge on any atom is -0.497 e. The fourth-order valence-corrected chi connectivity index (χ4v) is 5.83. The lowest BCUT2D eigenvalue weighted by atomic mass is 10.00. The van der Waals surface area contributed by atoms with Crippen molar-refractivity contribution >= 4 is 23.2 Å². The van der Waals surface area contributed by atoms with Crippen LogP contribution in [0.4, 0.5) is 0 Å². The Morgan fingerprint density at radius 1 is 1.13 bits per heavy atom. The van der Waals surface area contributed by atoms with Gasteiger partial charge in [0.2, 0.25) is 5.91 Å². The zero-order chi connectivity index (χ0) is 27.2. The van der Waals surface area contributed by atoms with E-state index in [4.69, 9.17) is 9.47 Å². The first-order valence-corrected chi connectivity index (χ1v) is 14.2. The zero-order valence-corrected chi connectivity index (χ0v) is 23.8. The van der Waals surface area contributed by atoms with Crippen LogP contribution in [-0.4, -0.2) is 55.0 Å². The molecule has 6 nitrogen and oxygen atoms in total. The van der Waals surface area contributed by atoms with E-state index in [9.17, 15) is 9.59 Å². The first-order chi connectivity index (χ1) is 18.3. The Bertz CT molecular complexity index is 1250. The standard InChI is InChI=1S/C31H38N2O4S/c1-6-21(2)18-32(31(35)24-8-10-25(36-5)11-9-24)19-30(34)33-15-13-29-26(14-16-38-29)27(33)20-37-28-12-7-22(3)17-23(28)4/h7-12,14,16-17,21,27H,6,13,15,18-20H2,1-5H3. The van der Waals surface area contributed by atoms with E-state index in [1.807, 2.05) is 24.0 Å². The first kappa shape index (κ1) is 27.7. The van der Waals surface area contributed by atoms with Crippen molar-refractivity contribution in [3.63, 3.8) is 0 Å². The Morgan fingerprint density at radius 3 is 2.58 bits per heavy atom. The highest BCUT2D eigenvalue weighted by Gasteiger charge is 2.34. The van der Waals surface area contributed by atoms with Crippen LogP contribution in [0.5, 0.6) is 11.5 Å². The number of carbonyl (C=O) groups excluding carboxylic acids is 2. The van der Waals surface area contributed by atoms with Crippen molar-refractivity contribution in [3.05, 3.63) is 81.0 Å². The average Bonchev–Trinajstić information content (AvgIpc) is 3.41. The molecule has 0 saturated heterocycles. The van der Waals surface area contributed by atoms with Gasteiger partial charge in [0.05, 0.1) is 13.2 Å². The lowest BCUT2D eigenvalue weighted by Gasteiger charge is -2.37. The smallest absolute Gasteiger partial charge is 0.254 e. The third-order valence-electron chi connectivity index (χ3n) is 7.32. The molecule has 202 valence electrons. The molecule has 2 aromatic carbocycles. The molecule has 1 aromatic heterocycles. The van der Waals surface area contributed by atoms with Crippen LogP contribution >= 0.6 is 11.3 Å². The second-order valence-electron chi connectivity index (χ2n) is 10.2. The minimum absolute atomic E-state index is 0.0364. The summed E-state index contributed by atoms with van der Waals surface area (Å²) in [5, 5.41) is 2.09. The summed E-state index contributed by atoms with van der Waals surface area (Å²) in [5.74, 6) is 1.61. The Morgan fingerprint density at radius 2 is 1.89 bits per heavy atom. The van der Waals surface area contributed by atoms with E-state index in [0.29, 0.717) is 31.0 Å². The van der Waals surface area contributed by atoms with Crippen molar-refractivity contribution in [2.24, 2.45) is 5.92 Å². The number of aryl methyl sites for hydroxylation is 2. The molecule has 38 heavy (non-hydrogen) atoms. The molecular weight excluding hydrogens is 496 g/mol. The highest BCUT2D eigenvalue weighted by molar-refractivity contribution is 7.10. The van der Waals surface area contributed by atoms with E-state index in [1.54, 1.807) is 47.6 Å². The molecule has 0 fully saturated rings. The normalized spacial score (nSPS) is 15.5. The molecule has 0 saturated carbocycles. The Balaban J connectivity index is 1.54. The van der Waals surface area contributed by atoms with Gasteiger partial charge in [-0.3, -0.25) is 9.59 Å². The Labute approximate surface area is 230 Å². The number of thiophene rings is 1. The molecule has 0 N–H and O–H groups in total. The third-order valence-corrected chi connectivity index (χ3v) is 8.32. The number of hydrogen-bond donors (Lipinski definition) is 0. The number of hydrogen-bond acceptors (Lipinski definition) is 5. The number of benzene rings is 2. The van der Waals surface area contributed by atoms with Gasteiger partial charge in [0.15, 0.2) is 0 Å². The predicted octanol–water partition coefficient (Wildman–Crippen LogP) is 6.07. The van der Waals surface area contributed by atoms with Gasteiger partial charge in [0.25, 0.3) is 5.91 Å². The zero-order valence-electron chi connectivity index (χ0n) is 23.0. The van der Waals surface area contributed by atoms with E-state index in [0.717, 1.165) is 29.7 Å². The maximum Gasteiger partial charge on any atom is 0.254 e. The Hall–Kier alpha value is -3.32. The summed E-state index contributed by atoms with van der Waals surface area (Å²) in [4.78, 5) is 32.3. The predicted molar refractivity (Wildman–Crippen MR) is 152 cm³/mol.